The average molecular weight is 354 g/mol. The Morgan fingerprint density at radius 3 is 2.50 bits per heavy atom. The van der Waals surface area contributed by atoms with Crippen molar-refractivity contribution < 1.29 is 18.3 Å². The summed E-state index contributed by atoms with van der Waals surface area (Å²) in [5, 5.41) is 10.1. The molecule has 0 bridgehead atoms. The van der Waals surface area contributed by atoms with E-state index in [0.717, 1.165) is 12.8 Å². The second-order valence-corrected chi connectivity index (χ2v) is 8.40. The molecule has 1 saturated heterocycles. The van der Waals surface area contributed by atoms with Crippen LogP contribution in [0.2, 0.25) is 0 Å². The van der Waals surface area contributed by atoms with Crippen LogP contribution in [0, 0.1) is 5.92 Å². The number of β-amino-alcohol motifs (C(OH)–C–C–N with tert-alkyl or cyclic N) is 1. The van der Waals surface area contributed by atoms with Gasteiger partial charge in [0.25, 0.3) is 0 Å². The van der Waals surface area contributed by atoms with Crippen molar-refractivity contribution in [3.8, 4) is 5.75 Å². The highest BCUT2D eigenvalue weighted by Crippen LogP contribution is 2.33. The summed E-state index contributed by atoms with van der Waals surface area (Å²) in [5.74, 6) is 0.858. The van der Waals surface area contributed by atoms with Gasteiger partial charge in [-0.2, -0.15) is 4.31 Å². The van der Waals surface area contributed by atoms with Crippen molar-refractivity contribution in [2.45, 2.75) is 30.8 Å². The Kier molecular flexibility index (Phi) is 5.44. The van der Waals surface area contributed by atoms with Gasteiger partial charge < -0.3 is 9.84 Å². The van der Waals surface area contributed by atoms with Gasteiger partial charge in [0.15, 0.2) is 0 Å². The average Bonchev–Trinajstić information content (AvgIpc) is 3.41. The van der Waals surface area contributed by atoms with Crippen molar-refractivity contribution in [2.24, 2.45) is 5.92 Å². The summed E-state index contributed by atoms with van der Waals surface area (Å²) >= 11 is 0. The lowest BCUT2D eigenvalue weighted by molar-refractivity contribution is 0.0781. The van der Waals surface area contributed by atoms with Crippen LogP contribution in [0.15, 0.2) is 29.2 Å². The van der Waals surface area contributed by atoms with Gasteiger partial charge in [-0.05, 0) is 37.8 Å². The molecule has 0 amide bonds. The minimum Gasteiger partial charge on any atom is -0.492 e. The number of sulfonamides is 1. The summed E-state index contributed by atoms with van der Waals surface area (Å²) in [4.78, 5) is 2.39. The van der Waals surface area contributed by atoms with Gasteiger partial charge in [-0.25, -0.2) is 8.42 Å². The van der Waals surface area contributed by atoms with Gasteiger partial charge in [0, 0.05) is 32.7 Å². The SMILES string of the molecule is CCOc1ccccc1S(=O)(=O)N1CCN(C[C@@H](O)C2CC2)CC1. The van der Waals surface area contributed by atoms with E-state index in [1.54, 1.807) is 24.3 Å². The van der Waals surface area contributed by atoms with Crippen LogP contribution in [-0.4, -0.2) is 68.2 Å². The molecule has 1 N–H and O–H groups in total. The van der Waals surface area contributed by atoms with Gasteiger partial charge in [0.2, 0.25) is 10.0 Å². The third-order valence-corrected chi connectivity index (χ3v) is 6.65. The summed E-state index contributed by atoms with van der Waals surface area (Å²) in [7, 11) is -3.55. The summed E-state index contributed by atoms with van der Waals surface area (Å²) in [6.45, 7) is 5.11. The zero-order valence-electron chi connectivity index (χ0n) is 14.1. The van der Waals surface area contributed by atoms with Crippen LogP contribution < -0.4 is 4.74 Å². The van der Waals surface area contributed by atoms with Crippen molar-refractivity contribution in [2.75, 3.05) is 39.3 Å². The van der Waals surface area contributed by atoms with Gasteiger partial charge in [-0.1, -0.05) is 12.1 Å². The van der Waals surface area contributed by atoms with Crippen LogP contribution >= 0.6 is 0 Å². The normalized spacial score (nSPS) is 21.6. The Hall–Kier alpha value is -1.15. The minimum absolute atomic E-state index is 0.235. The molecule has 134 valence electrons. The molecule has 0 spiro atoms. The maximum Gasteiger partial charge on any atom is 0.246 e. The van der Waals surface area contributed by atoms with Gasteiger partial charge >= 0.3 is 0 Å². The number of piperazine rings is 1. The van der Waals surface area contributed by atoms with Gasteiger partial charge in [-0.15, -0.1) is 0 Å². The molecular weight excluding hydrogens is 328 g/mol. The number of ether oxygens (including phenoxy) is 1. The molecule has 3 rings (SSSR count). The lowest BCUT2D eigenvalue weighted by Gasteiger charge is -2.35. The first kappa shape index (κ1) is 17.7. The molecule has 24 heavy (non-hydrogen) atoms. The number of hydrogen-bond donors (Lipinski definition) is 1. The Labute approximate surface area is 144 Å². The van der Waals surface area contributed by atoms with E-state index in [0.29, 0.717) is 51.0 Å². The fourth-order valence-electron chi connectivity index (χ4n) is 3.12. The second-order valence-electron chi connectivity index (χ2n) is 6.49. The maximum absolute atomic E-state index is 12.9. The fraction of sp³-hybridized carbons (Fsp3) is 0.647. The number of benzene rings is 1. The quantitative estimate of drug-likeness (QED) is 0.796. The van der Waals surface area contributed by atoms with E-state index >= 15 is 0 Å². The fourth-order valence-corrected chi connectivity index (χ4v) is 4.68. The van der Waals surface area contributed by atoms with Crippen LogP contribution in [0.5, 0.6) is 5.75 Å². The first-order valence-corrected chi connectivity index (χ1v) is 10.1. The number of para-hydroxylation sites is 1. The molecule has 0 unspecified atom stereocenters. The standard InChI is InChI=1S/C17H26N2O4S/c1-2-23-16-5-3-4-6-17(16)24(21,22)19-11-9-18(10-12-19)13-15(20)14-7-8-14/h3-6,14-15,20H,2,7-13H2,1H3/t15-/m1/s1. The van der Waals surface area contributed by atoms with Crippen LogP contribution in [0.25, 0.3) is 0 Å². The smallest absolute Gasteiger partial charge is 0.246 e. The van der Waals surface area contributed by atoms with Crippen molar-refractivity contribution >= 4 is 10.0 Å². The molecule has 0 radical (unpaired) electrons. The van der Waals surface area contributed by atoms with E-state index in [-0.39, 0.29) is 11.0 Å². The highest BCUT2D eigenvalue weighted by Gasteiger charge is 2.34. The molecule has 1 aliphatic carbocycles. The molecule has 1 aliphatic heterocycles. The van der Waals surface area contributed by atoms with E-state index in [1.165, 1.54) is 4.31 Å². The largest absolute Gasteiger partial charge is 0.492 e. The Morgan fingerprint density at radius 1 is 1.21 bits per heavy atom. The zero-order valence-corrected chi connectivity index (χ0v) is 14.9. The summed E-state index contributed by atoms with van der Waals surface area (Å²) in [6.07, 6.45) is 1.96. The highest BCUT2D eigenvalue weighted by molar-refractivity contribution is 7.89. The van der Waals surface area contributed by atoms with E-state index in [2.05, 4.69) is 4.90 Å². The molecule has 1 heterocycles. The number of aliphatic hydroxyl groups excluding tert-OH is 1. The van der Waals surface area contributed by atoms with Crippen molar-refractivity contribution in [3.05, 3.63) is 24.3 Å². The molecular formula is C17H26N2O4S. The summed E-state index contributed by atoms with van der Waals surface area (Å²) < 4.78 is 32.8. The Balaban J connectivity index is 1.64. The van der Waals surface area contributed by atoms with Gasteiger partial charge in [0.05, 0.1) is 12.7 Å². The van der Waals surface area contributed by atoms with E-state index in [9.17, 15) is 13.5 Å². The van der Waals surface area contributed by atoms with Crippen LogP contribution in [0.4, 0.5) is 0 Å². The number of nitrogens with zero attached hydrogens (tertiary/aromatic N) is 2. The predicted octanol–water partition coefficient (Wildman–Crippen LogP) is 1.16. The molecule has 6 nitrogen and oxygen atoms in total. The molecule has 2 fully saturated rings. The molecule has 7 heteroatoms. The van der Waals surface area contributed by atoms with Crippen molar-refractivity contribution in [1.29, 1.82) is 0 Å². The Bertz CT molecular complexity index is 652. The van der Waals surface area contributed by atoms with E-state index in [4.69, 9.17) is 4.74 Å². The van der Waals surface area contributed by atoms with Gasteiger partial charge in [0.1, 0.15) is 10.6 Å². The van der Waals surface area contributed by atoms with Crippen molar-refractivity contribution in [1.82, 2.24) is 9.21 Å². The monoisotopic (exact) mass is 354 g/mol. The van der Waals surface area contributed by atoms with E-state index in [1.807, 2.05) is 6.92 Å². The minimum atomic E-state index is -3.55. The number of rotatable bonds is 7. The van der Waals surface area contributed by atoms with Crippen LogP contribution in [0.3, 0.4) is 0 Å². The van der Waals surface area contributed by atoms with E-state index < -0.39 is 10.0 Å². The number of aliphatic hydroxyl groups is 1. The zero-order chi connectivity index (χ0) is 17.2. The maximum atomic E-state index is 12.9. The van der Waals surface area contributed by atoms with Crippen LogP contribution in [0.1, 0.15) is 19.8 Å². The molecule has 1 saturated carbocycles. The lowest BCUT2D eigenvalue weighted by atomic mass is 10.2. The lowest BCUT2D eigenvalue weighted by Crippen LogP contribution is -2.50. The number of hydrogen-bond acceptors (Lipinski definition) is 5. The summed E-state index contributed by atoms with van der Waals surface area (Å²) in [5.41, 5.74) is 0. The van der Waals surface area contributed by atoms with Crippen LogP contribution in [-0.2, 0) is 10.0 Å². The second kappa shape index (κ2) is 7.39. The van der Waals surface area contributed by atoms with Gasteiger partial charge in [-0.3, -0.25) is 4.90 Å². The predicted molar refractivity (Wildman–Crippen MR) is 91.5 cm³/mol. The van der Waals surface area contributed by atoms with Crippen molar-refractivity contribution in [3.63, 3.8) is 0 Å². The first-order chi connectivity index (χ1) is 11.5. The molecule has 1 aromatic rings. The Morgan fingerprint density at radius 2 is 1.88 bits per heavy atom. The third-order valence-electron chi connectivity index (χ3n) is 4.71. The highest BCUT2D eigenvalue weighted by atomic mass is 32.2. The molecule has 1 aromatic carbocycles. The molecule has 1 atom stereocenters. The molecule has 2 aliphatic rings. The topological polar surface area (TPSA) is 70.1 Å². The molecule has 0 aromatic heterocycles. The first-order valence-electron chi connectivity index (χ1n) is 8.64. The third kappa shape index (κ3) is 3.91. The summed E-state index contributed by atoms with van der Waals surface area (Å²) in [6, 6.07) is 6.79.